The second-order valence-electron chi connectivity index (χ2n) is 6.01. The molecule has 6 heteroatoms. The van der Waals surface area contributed by atoms with Gasteiger partial charge in [-0.3, -0.25) is 4.90 Å². The fraction of sp³-hybridized carbons (Fsp3) is 0.625. The first kappa shape index (κ1) is 18.0. The molecule has 0 aliphatic carbocycles. The lowest BCUT2D eigenvalue weighted by Crippen LogP contribution is -2.42. The first-order chi connectivity index (χ1) is 10.2. The third-order valence-corrected chi connectivity index (χ3v) is 4.83. The predicted molar refractivity (Wildman–Crippen MR) is 96.9 cm³/mol. The van der Waals surface area contributed by atoms with E-state index < -0.39 is 0 Å². The van der Waals surface area contributed by atoms with Crippen molar-refractivity contribution < 1.29 is 4.74 Å². The van der Waals surface area contributed by atoms with Gasteiger partial charge >= 0.3 is 0 Å². The van der Waals surface area contributed by atoms with E-state index in [4.69, 9.17) is 10.5 Å². The van der Waals surface area contributed by atoms with Crippen LogP contribution in [-0.4, -0.2) is 50.3 Å². The van der Waals surface area contributed by atoms with Crippen molar-refractivity contribution in [3.63, 3.8) is 0 Å². The van der Waals surface area contributed by atoms with Gasteiger partial charge in [0.25, 0.3) is 0 Å². The van der Waals surface area contributed by atoms with Crippen molar-refractivity contribution >= 4 is 34.0 Å². The Balaban J connectivity index is 0.00000176. The van der Waals surface area contributed by atoms with Crippen molar-refractivity contribution in [3.8, 4) is 0 Å². The van der Waals surface area contributed by atoms with Crippen LogP contribution >= 0.6 is 28.3 Å². The van der Waals surface area contributed by atoms with Gasteiger partial charge in [0, 0.05) is 42.4 Å². The van der Waals surface area contributed by atoms with Crippen LogP contribution < -0.4 is 10.6 Å². The molecule has 2 aliphatic rings. The predicted octanol–water partition coefficient (Wildman–Crippen LogP) is 2.63. The standard InChI is InChI=1S/C16H24BrN3O.ClH/c17-14-4-3-13(11-19-5-1-2-15(18)12-19)16(10-14)20-6-8-21-9-7-20;/h3-4,10,15H,1-2,5-9,11-12,18H2;1H/t15-;/m1./s1. The molecule has 2 fully saturated rings. The van der Waals surface area contributed by atoms with E-state index in [1.165, 1.54) is 17.7 Å². The van der Waals surface area contributed by atoms with Crippen LogP contribution in [0.25, 0.3) is 0 Å². The summed E-state index contributed by atoms with van der Waals surface area (Å²) >= 11 is 3.61. The number of hydrogen-bond acceptors (Lipinski definition) is 4. The molecule has 0 spiro atoms. The molecule has 1 atom stereocenters. The summed E-state index contributed by atoms with van der Waals surface area (Å²) in [6.45, 7) is 6.76. The van der Waals surface area contributed by atoms with E-state index in [1.807, 2.05) is 0 Å². The molecule has 2 heterocycles. The summed E-state index contributed by atoms with van der Waals surface area (Å²) in [6, 6.07) is 6.96. The quantitative estimate of drug-likeness (QED) is 0.861. The van der Waals surface area contributed by atoms with Crippen molar-refractivity contribution in [1.29, 1.82) is 0 Å². The number of anilines is 1. The molecule has 1 aromatic rings. The Hall–Kier alpha value is -0.330. The highest BCUT2D eigenvalue weighted by molar-refractivity contribution is 9.10. The van der Waals surface area contributed by atoms with Crippen molar-refractivity contribution in [3.05, 3.63) is 28.2 Å². The molecule has 22 heavy (non-hydrogen) atoms. The zero-order chi connectivity index (χ0) is 14.7. The summed E-state index contributed by atoms with van der Waals surface area (Å²) < 4.78 is 6.62. The number of halogens is 2. The van der Waals surface area contributed by atoms with Gasteiger partial charge in [0.05, 0.1) is 13.2 Å². The monoisotopic (exact) mass is 389 g/mol. The third-order valence-electron chi connectivity index (χ3n) is 4.34. The molecule has 0 amide bonds. The van der Waals surface area contributed by atoms with E-state index in [-0.39, 0.29) is 12.4 Å². The second kappa shape index (κ2) is 8.50. The van der Waals surface area contributed by atoms with Gasteiger partial charge in [0.15, 0.2) is 0 Å². The van der Waals surface area contributed by atoms with Gasteiger partial charge in [0.1, 0.15) is 0 Å². The van der Waals surface area contributed by atoms with Crippen LogP contribution in [0.3, 0.4) is 0 Å². The Morgan fingerprint density at radius 3 is 2.73 bits per heavy atom. The summed E-state index contributed by atoms with van der Waals surface area (Å²) in [6.07, 6.45) is 2.37. The SMILES string of the molecule is Cl.N[C@@H]1CCCN(Cc2ccc(Br)cc2N2CCOCC2)C1. The van der Waals surface area contributed by atoms with E-state index in [1.54, 1.807) is 0 Å². The van der Waals surface area contributed by atoms with Crippen LogP contribution in [0.1, 0.15) is 18.4 Å². The fourth-order valence-electron chi connectivity index (χ4n) is 3.25. The maximum Gasteiger partial charge on any atom is 0.0642 e. The van der Waals surface area contributed by atoms with Crippen molar-refractivity contribution in [2.45, 2.75) is 25.4 Å². The van der Waals surface area contributed by atoms with Gasteiger partial charge in [-0.2, -0.15) is 0 Å². The molecule has 0 radical (unpaired) electrons. The number of likely N-dealkylation sites (tertiary alicyclic amines) is 1. The lowest BCUT2D eigenvalue weighted by atomic mass is 10.0. The lowest BCUT2D eigenvalue weighted by molar-refractivity contribution is 0.122. The Bertz CT molecular complexity index is 482. The highest BCUT2D eigenvalue weighted by Crippen LogP contribution is 2.28. The number of morpholine rings is 1. The Kier molecular flexibility index (Phi) is 6.96. The van der Waals surface area contributed by atoms with Gasteiger partial charge in [-0.15, -0.1) is 12.4 Å². The number of nitrogens with two attached hydrogens (primary N) is 1. The number of ether oxygens (including phenoxy) is 1. The summed E-state index contributed by atoms with van der Waals surface area (Å²) in [5.74, 6) is 0. The maximum absolute atomic E-state index is 6.11. The van der Waals surface area contributed by atoms with Crippen molar-refractivity contribution in [2.24, 2.45) is 5.73 Å². The molecule has 2 N–H and O–H groups in total. The molecule has 4 nitrogen and oxygen atoms in total. The van der Waals surface area contributed by atoms with Crippen LogP contribution in [0.15, 0.2) is 22.7 Å². The van der Waals surface area contributed by atoms with E-state index in [0.717, 1.165) is 56.8 Å². The third kappa shape index (κ3) is 4.59. The smallest absolute Gasteiger partial charge is 0.0642 e. The molecule has 0 aromatic heterocycles. The molecule has 0 saturated carbocycles. The maximum atomic E-state index is 6.11. The van der Waals surface area contributed by atoms with Gasteiger partial charge in [-0.1, -0.05) is 22.0 Å². The van der Waals surface area contributed by atoms with Gasteiger partial charge < -0.3 is 15.4 Å². The van der Waals surface area contributed by atoms with Crippen LogP contribution in [-0.2, 0) is 11.3 Å². The van der Waals surface area contributed by atoms with Crippen molar-refractivity contribution in [2.75, 3.05) is 44.3 Å². The minimum Gasteiger partial charge on any atom is -0.378 e. The Labute approximate surface area is 147 Å². The molecule has 0 bridgehead atoms. The molecular weight excluding hydrogens is 366 g/mol. The lowest BCUT2D eigenvalue weighted by Gasteiger charge is -2.34. The molecule has 124 valence electrons. The number of benzene rings is 1. The molecule has 2 saturated heterocycles. The van der Waals surface area contributed by atoms with E-state index in [2.05, 4.69) is 43.9 Å². The first-order valence-corrected chi connectivity index (χ1v) is 8.61. The Morgan fingerprint density at radius 1 is 1.23 bits per heavy atom. The number of nitrogens with zero attached hydrogens (tertiary/aromatic N) is 2. The average molecular weight is 391 g/mol. The number of piperidine rings is 1. The zero-order valence-electron chi connectivity index (χ0n) is 12.8. The molecular formula is C16H25BrClN3O. The zero-order valence-corrected chi connectivity index (χ0v) is 15.2. The van der Waals surface area contributed by atoms with E-state index in [9.17, 15) is 0 Å². The highest BCUT2D eigenvalue weighted by Gasteiger charge is 2.20. The van der Waals surface area contributed by atoms with Gasteiger partial charge in [-0.05, 0) is 37.1 Å². The Morgan fingerprint density at radius 2 is 2.00 bits per heavy atom. The fourth-order valence-corrected chi connectivity index (χ4v) is 3.59. The molecule has 2 aliphatic heterocycles. The largest absolute Gasteiger partial charge is 0.378 e. The number of hydrogen-bond donors (Lipinski definition) is 1. The topological polar surface area (TPSA) is 41.7 Å². The van der Waals surface area contributed by atoms with E-state index in [0.29, 0.717) is 6.04 Å². The average Bonchev–Trinajstić information content (AvgIpc) is 2.50. The highest BCUT2D eigenvalue weighted by atomic mass is 79.9. The van der Waals surface area contributed by atoms with E-state index >= 15 is 0 Å². The van der Waals surface area contributed by atoms with Crippen LogP contribution in [0.4, 0.5) is 5.69 Å². The summed E-state index contributed by atoms with van der Waals surface area (Å²) in [5.41, 5.74) is 8.84. The van der Waals surface area contributed by atoms with Crippen LogP contribution in [0, 0.1) is 0 Å². The summed E-state index contributed by atoms with van der Waals surface area (Å²) in [4.78, 5) is 4.93. The molecule has 1 aromatic carbocycles. The van der Waals surface area contributed by atoms with Crippen molar-refractivity contribution in [1.82, 2.24) is 4.90 Å². The normalized spacial score (nSPS) is 23.2. The summed E-state index contributed by atoms with van der Waals surface area (Å²) in [7, 11) is 0. The second-order valence-corrected chi connectivity index (χ2v) is 6.93. The van der Waals surface area contributed by atoms with Crippen LogP contribution in [0.5, 0.6) is 0 Å². The molecule has 0 unspecified atom stereocenters. The molecule has 3 rings (SSSR count). The minimum atomic E-state index is 0. The number of rotatable bonds is 3. The first-order valence-electron chi connectivity index (χ1n) is 7.81. The van der Waals surface area contributed by atoms with Crippen LogP contribution in [0.2, 0.25) is 0 Å². The van der Waals surface area contributed by atoms with Gasteiger partial charge in [0.2, 0.25) is 0 Å². The summed E-state index contributed by atoms with van der Waals surface area (Å²) in [5, 5.41) is 0. The van der Waals surface area contributed by atoms with Gasteiger partial charge in [-0.25, -0.2) is 0 Å². The minimum absolute atomic E-state index is 0.